The van der Waals surface area contributed by atoms with Crippen LogP contribution in [0.1, 0.15) is 34.3 Å². The number of aromatic nitrogens is 1. The second-order valence-corrected chi connectivity index (χ2v) is 6.25. The molecule has 106 valence electrons. The highest BCUT2D eigenvalue weighted by atomic mass is 32.1. The van der Waals surface area contributed by atoms with Crippen molar-refractivity contribution in [3.05, 3.63) is 45.4 Å². The molecule has 0 saturated heterocycles. The van der Waals surface area contributed by atoms with Crippen molar-refractivity contribution in [2.45, 2.75) is 32.2 Å². The lowest BCUT2D eigenvalue weighted by Gasteiger charge is -2.24. The molecule has 0 amide bonds. The Morgan fingerprint density at radius 1 is 1.45 bits per heavy atom. The standard InChI is InChI=1S/C16H20N2OS/c1-11-18-13(10-20-11)9-15(17-2)14-7-3-5-12-6-4-8-19-16(12)14/h3,5,7,10,15,17H,4,6,8-9H2,1-2H3. The smallest absolute Gasteiger partial charge is 0.127 e. The molecule has 1 aliphatic heterocycles. The molecule has 20 heavy (non-hydrogen) atoms. The van der Waals surface area contributed by atoms with Gasteiger partial charge in [0.15, 0.2) is 0 Å². The third-order valence-corrected chi connectivity index (χ3v) is 4.59. The molecule has 0 saturated carbocycles. The summed E-state index contributed by atoms with van der Waals surface area (Å²) in [5.41, 5.74) is 3.75. The van der Waals surface area contributed by atoms with Gasteiger partial charge in [0, 0.05) is 23.4 Å². The number of nitrogens with zero attached hydrogens (tertiary/aromatic N) is 1. The predicted octanol–water partition coefficient (Wildman–Crippen LogP) is 3.28. The molecule has 4 heteroatoms. The Balaban J connectivity index is 1.89. The van der Waals surface area contributed by atoms with Crippen LogP contribution >= 0.6 is 11.3 Å². The largest absolute Gasteiger partial charge is 0.493 e. The first-order chi connectivity index (χ1) is 9.78. The lowest BCUT2D eigenvalue weighted by molar-refractivity contribution is 0.282. The number of likely N-dealkylation sites (N-methyl/N-ethyl adjacent to an activating group) is 1. The van der Waals surface area contributed by atoms with Crippen LogP contribution in [0.4, 0.5) is 0 Å². The van der Waals surface area contributed by atoms with Crippen LogP contribution in [0.25, 0.3) is 0 Å². The van der Waals surface area contributed by atoms with Crippen LogP contribution in [0.15, 0.2) is 23.6 Å². The van der Waals surface area contributed by atoms with Gasteiger partial charge in [-0.05, 0) is 32.4 Å². The number of hydrogen-bond acceptors (Lipinski definition) is 4. The van der Waals surface area contributed by atoms with Gasteiger partial charge in [0.05, 0.1) is 17.3 Å². The molecule has 2 aromatic rings. The molecule has 1 aromatic heterocycles. The molecule has 1 atom stereocenters. The van der Waals surface area contributed by atoms with Gasteiger partial charge < -0.3 is 10.1 Å². The van der Waals surface area contributed by atoms with E-state index in [1.54, 1.807) is 11.3 Å². The average molecular weight is 288 g/mol. The summed E-state index contributed by atoms with van der Waals surface area (Å²) < 4.78 is 5.92. The molecule has 0 fully saturated rings. The Hall–Kier alpha value is -1.39. The molecule has 1 unspecified atom stereocenters. The van der Waals surface area contributed by atoms with Crippen LogP contribution < -0.4 is 10.1 Å². The van der Waals surface area contributed by atoms with E-state index < -0.39 is 0 Å². The number of thiazole rings is 1. The molecule has 3 nitrogen and oxygen atoms in total. The average Bonchev–Trinajstić information content (AvgIpc) is 2.89. The fourth-order valence-electron chi connectivity index (χ4n) is 2.77. The summed E-state index contributed by atoms with van der Waals surface area (Å²) in [5, 5.41) is 6.69. The van der Waals surface area contributed by atoms with E-state index in [-0.39, 0.29) is 6.04 Å². The Kier molecular flexibility index (Phi) is 4.03. The fourth-order valence-corrected chi connectivity index (χ4v) is 3.39. The first-order valence-electron chi connectivity index (χ1n) is 7.11. The van der Waals surface area contributed by atoms with Gasteiger partial charge >= 0.3 is 0 Å². The molecular weight excluding hydrogens is 268 g/mol. The minimum absolute atomic E-state index is 0.254. The van der Waals surface area contributed by atoms with E-state index in [1.165, 1.54) is 11.1 Å². The van der Waals surface area contributed by atoms with Crippen molar-refractivity contribution in [2.75, 3.05) is 13.7 Å². The Morgan fingerprint density at radius 2 is 2.35 bits per heavy atom. The van der Waals surface area contributed by atoms with Gasteiger partial charge in [0.25, 0.3) is 0 Å². The van der Waals surface area contributed by atoms with Gasteiger partial charge in [0.2, 0.25) is 0 Å². The number of benzene rings is 1. The molecule has 1 aromatic carbocycles. The van der Waals surface area contributed by atoms with Crippen molar-refractivity contribution < 1.29 is 4.74 Å². The maximum Gasteiger partial charge on any atom is 0.127 e. The third kappa shape index (κ3) is 2.72. The van der Waals surface area contributed by atoms with Gasteiger partial charge in [-0.3, -0.25) is 0 Å². The molecule has 2 heterocycles. The van der Waals surface area contributed by atoms with Gasteiger partial charge in [0.1, 0.15) is 5.75 Å². The number of aryl methyl sites for hydroxylation is 2. The van der Waals surface area contributed by atoms with E-state index in [0.717, 1.165) is 42.3 Å². The van der Waals surface area contributed by atoms with E-state index in [9.17, 15) is 0 Å². The van der Waals surface area contributed by atoms with Crippen LogP contribution in [0.2, 0.25) is 0 Å². The van der Waals surface area contributed by atoms with Crippen LogP contribution in [0.3, 0.4) is 0 Å². The summed E-state index contributed by atoms with van der Waals surface area (Å²) in [6.07, 6.45) is 3.14. The van der Waals surface area contributed by atoms with Crippen LogP contribution in [-0.4, -0.2) is 18.6 Å². The quantitative estimate of drug-likeness (QED) is 0.937. The van der Waals surface area contributed by atoms with Gasteiger partial charge in [-0.1, -0.05) is 18.2 Å². The fraction of sp³-hybridized carbons (Fsp3) is 0.438. The maximum absolute atomic E-state index is 5.92. The lowest BCUT2D eigenvalue weighted by atomic mass is 9.96. The summed E-state index contributed by atoms with van der Waals surface area (Å²) in [6.45, 7) is 2.88. The normalized spacial score (nSPS) is 15.5. The zero-order valence-electron chi connectivity index (χ0n) is 12.0. The van der Waals surface area contributed by atoms with Crippen molar-refractivity contribution in [2.24, 2.45) is 0 Å². The molecule has 0 bridgehead atoms. The molecule has 1 N–H and O–H groups in total. The monoisotopic (exact) mass is 288 g/mol. The van der Waals surface area contributed by atoms with E-state index in [2.05, 4.69) is 40.8 Å². The first-order valence-corrected chi connectivity index (χ1v) is 7.98. The summed E-state index contributed by atoms with van der Waals surface area (Å²) in [5.74, 6) is 1.09. The molecule has 3 rings (SSSR count). The topological polar surface area (TPSA) is 34.2 Å². The second-order valence-electron chi connectivity index (χ2n) is 5.19. The number of hydrogen-bond donors (Lipinski definition) is 1. The Bertz CT molecular complexity index is 594. The van der Waals surface area contributed by atoms with Gasteiger partial charge in [-0.15, -0.1) is 11.3 Å². The van der Waals surface area contributed by atoms with Crippen molar-refractivity contribution in [1.29, 1.82) is 0 Å². The summed E-state index contributed by atoms with van der Waals surface area (Å²) >= 11 is 1.71. The van der Waals surface area contributed by atoms with E-state index in [4.69, 9.17) is 4.74 Å². The number of rotatable bonds is 4. The van der Waals surface area contributed by atoms with Crippen LogP contribution in [0.5, 0.6) is 5.75 Å². The SMILES string of the molecule is CNC(Cc1csc(C)n1)c1cccc2c1OCCC2. The van der Waals surface area contributed by atoms with Crippen LogP contribution in [-0.2, 0) is 12.8 Å². The van der Waals surface area contributed by atoms with Crippen molar-refractivity contribution in [3.63, 3.8) is 0 Å². The molecule has 1 aliphatic rings. The lowest BCUT2D eigenvalue weighted by Crippen LogP contribution is -2.21. The molecule has 0 spiro atoms. The zero-order chi connectivity index (χ0) is 13.9. The zero-order valence-corrected chi connectivity index (χ0v) is 12.8. The van der Waals surface area contributed by atoms with Crippen molar-refractivity contribution in [3.8, 4) is 5.75 Å². The number of fused-ring (bicyclic) bond motifs is 1. The molecular formula is C16H20N2OS. The van der Waals surface area contributed by atoms with Crippen LogP contribution in [0, 0.1) is 6.92 Å². The molecule has 0 aliphatic carbocycles. The summed E-state index contributed by atoms with van der Waals surface area (Å²) in [6, 6.07) is 6.74. The second kappa shape index (κ2) is 5.94. The number of ether oxygens (including phenoxy) is 1. The van der Waals surface area contributed by atoms with Gasteiger partial charge in [-0.2, -0.15) is 0 Å². The number of para-hydroxylation sites is 1. The van der Waals surface area contributed by atoms with Crippen molar-refractivity contribution in [1.82, 2.24) is 10.3 Å². The maximum atomic E-state index is 5.92. The highest BCUT2D eigenvalue weighted by Crippen LogP contribution is 2.34. The van der Waals surface area contributed by atoms with E-state index in [0.29, 0.717) is 0 Å². The third-order valence-electron chi connectivity index (χ3n) is 3.77. The molecule has 0 radical (unpaired) electrons. The highest BCUT2D eigenvalue weighted by Gasteiger charge is 2.20. The summed E-state index contributed by atoms with van der Waals surface area (Å²) in [4.78, 5) is 4.57. The first kappa shape index (κ1) is 13.6. The predicted molar refractivity (Wildman–Crippen MR) is 82.6 cm³/mol. The highest BCUT2D eigenvalue weighted by molar-refractivity contribution is 7.09. The minimum atomic E-state index is 0.254. The number of nitrogens with one attached hydrogen (secondary N) is 1. The summed E-state index contributed by atoms with van der Waals surface area (Å²) in [7, 11) is 2.01. The minimum Gasteiger partial charge on any atom is -0.493 e. The Morgan fingerprint density at radius 3 is 3.10 bits per heavy atom. The van der Waals surface area contributed by atoms with E-state index >= 15 is 0 Å². The van der Waals surface area contributed by atoms with E-state index in [1.807, 2.05) is 7.05 Å². The Labute approximate surface area is 124 Å². The van der Waals surface area contributed by atoms with Crippen molar-refractivity contribution >= 4 is 11.3 Å². The van der Waals surface area contributed by atoms with Gasteiger partial charge in [-0.25, -0.2) is 4.98 Å².